The number of carbonyl (C=O) groups excluding carboxylic acids is 2. The zero-order valence-electron chi connectivity index (χ0n) is 16.0. The average Bonchev–Trinajstić information content (AvgIpc) is 2.93. The van der Waals surface area contributed by atoms with E-state index in [-0.39, 0.29) is 18.4 Å². The number of benzene rings is 1. The van der Waals surface area contributed by atoms with Crippen molar-refractivity contribution in [1.82, 2.24) is 20.2 Å². The smallest absolute Gasteiger partial charge is 0.266 e. The number of likely N-dealkylation sites (N-methyl/N-ethyl adjacent to an activating group) is 1. The Labute approximate surface area is 174 Å². The third kappa shape index (κ3) is 5.32. The summed E-state index contributed by atoms with van der Waals surface area (Å²) < 4.78 is 5.82. The van der Waals surface area contributed by atoms with Gasteiger partial charge in [0, 0.05) is 26.2 Å². The van der Waals surface area contributed by atoms with E-state index in [1.807, 2.05) is 36.2 Å². The third-order valence-corrected chi connectivity index (χ3v) is 5.83. The van der Waals surface area contributed by atoms with Crippen molar-refractivity contribution < 1.29 is 14.3 Å². The third-order valence-electron chi connectivity index (χ3n) is 4.45. The molecular formula is C19H24N4O3S2. The molecule has 2 aliphatic rings. The van der Waals surface area contributed by atoms with Crippen LogP contribution in [0.25, 0.3) is 6.08 Å². The summed E-state index contributed by atoms with van der Waals surface area (Å²) in [6.07, 6.45) is 1.79. The molecule has 1 N–H and O–H groups in total. The Morgan fingerprint density at radius 1 is 1.25 bits per heavy atom. The molecule has 0 unspecified atom stereocenters. The van der Waals surface area contributed by atoms with Gasteiger partial charge in [-0.15, -0.1) is 0 Å². The zero-order valence-corrected chi connectivity index (χ0v) is 17.6. The van der Waals surface area contributed by atoms with Gasteiger partial charge in [0.2, 0.25) is 0 Å². The van der Waals surface area contributed by atoms with Gasteiger partial charge in [0.1, 0.15) is 16.6 Å². The molecule has 2 amide bonds. The number of ether oxygens (including phenoxy) is 1. The second kappa shape index (κ2) is 9.51. The minimum atomic E-state index is -0.239. The summed E-state index contributed by atoms with van der Waals surface area (Å²) >= 11 is 6.53. The second-order valence-corrected chi connectivity index (χ2v) is 8.27. The van der Waals surface area contributed by atoms with E-state index < -0.39 is 0 Å². The van der Waals surface area contributed by atoms with Gasteiger partial charge in [-0.05, 0) is 37.7 Å². The topological polar surface area (TPSA) is 65.1 Å². The molecule has 9 heteroatoms. The van der Waals surface area contributed by atoms with Crippen LogP contribution in [0.5, 0.6) is 5.75 Å². The molecule has 0 atom stereocenters. The number of piperazine rings is 1. The summed E-state index contributed by atoms with van der Waals surface area (Å²) in [6.45, 7) is 5.78. The SMILES string of the molecule is CCOc1ccc(/C=C2/SC(=S)N(CC(=O)NN3CCN(C)CC3)C2=O)cc1. The highest BCUT2D eigenvalue weighted by Gasteiger charge is 2.33. The summed E-state index contributed by atoms with van der Waals surface area (Å²) in [4.78, 5) is 29.1. The summed E-state index contributed by atoms with van der Waals surface area (Å²) in [5, 5.41) is 1.88. The van der Waals surface area contributed by atoms with Gasteiger partial charge in [0.05, 0.1) is 11.5 Å². The Hall–Kier alpha value is -1.94. The first kappa shape index (κ1) is 20.8. The summed E-state index contributed by atoms with van der Waals surface area (Å²) in [5.74, 6) is 0.313. The van der Waals surface area contributed by atoms with Crippen molar-refractivity contribution in [2.75, 3.05) is 46.4 Å². The second-order valence-electron chi connectivity index (χ2n) is 6.60. The number of nitrogens with one attached hydrogen (secondary N) is 1. The molecule has 2 fully saturated rings. The van der Waals surface area contributed by atoms with Crippen molar-refractivity contribution in [2.45, 2.75) is 6.92 Å². The van der Waals surface area contributed by atoms with E-state index in [0.29, 0.717) is 15.8 Å². The Kier molecular flexibility index (Phi) is 7.06. The van der Waals surface area contributed by atoms with Crippen molar-refractivity contribution >= 4 is 46.2 Å². The number of rotatable bonds is 6. The first-order valence-corrected chi connectivity index (χ1v) is 10.4. The van der Waals surface area contributed by atoms with E-state index in [1.165, 1.54) is 16.7 Å². The quantitative estimate of drug-likeness (QED) is 0.554. The molecule has 0 bridgehead atoms. The van der Waals surface area contributed by atoms with Gasteiger partial charge in [-0.3, -0.25) is 19.9 Å². The molecule has 0 spiro atoms. The maximum atomic E-state index is 12.7. The normalized spacial score (nSPS) is 20.1. The summed E-state index contributed by atoms with van der Waals surface area (Å²) in [5.41, 5.74) is 3.74. The number of nitrogens with zero attached hydrogens (tertiary/aromatic N) is 3. The fraction of sp³-hybridized carbons (Fsp3) is 0.421. The van der Waals surface area contributed by atoms with E-state index in [0.717, 1.165) is 37.5 Å². The Morgan fingerprint density at radius 3 is 2.57 bits per heavy atom. The van der Waals surface area contributed by atoms with Crippen LogP contribution in [0.2, 0.25) is 0 Å². The molecular weight excluding hydrogens is 396 g/mol. The number of hydrogen-bond acceptors (Lipinski definition) is 7. The van der Waals surface area contributed by atoms with Crippen LogP contribution in [-0.4, -0.2) is 77.3 Å². The molecule has 150 valence electrons. The predicted octanol–water partition coefficient (Wildman–Crippen LogP) is 1.57. The Bertz CT molecular complexity index is 774. The predicted molar refractivity (Wildman–Crippen MR) is 115 cm³/mol. The van der Waals surface area contributed by atoms with Gasteiger partial charge in [0.15, 0.2) is 0 Å². The molecule has 2 heterocycles. The maximum Gasteiger partial charge on any atom is 0.266 e. The summed E-state index contributed by atoms with van der Waals surface area (Å²) in [6, 6.07) is 7.49. The van der Waals surface area contributed by atoms with Crippen LogP contribution >= 0.6 is 24.0 Å². The van der Waals surface area contributed by atoms with Crippen LogP contribution in [0.3, 0.4) is 0 Å². The van der Waals surface area contributed by atoms with Gasteiger partial charge in [-0.2, -0.15) is 0 Å². The van der Waals surface area contributed by atoms with Crippen LogP contribution in [0.1, 0.15) is 12.5 Å². The molecule has 3 rings (SSSR count). The van der Waals surface area contributed by atoms with Crippen molar-refractivity contribution in [3.8, 4) is 5.75 Å². The minimum Gasteiger partial charge on any atom is -0.494 e. The average molecular weight is 421 g/mol. The molecule has 0 radical (unpaired) electrons. The highest BCUT2D eigenvalue weighted by molar-refractivity contribution is 8.26. The number of hydrazine groups is 1. The monoisotopic (exact) mass is 420 g/mol. The maximum absolute atomic E-state index is 12.7. The van der Waals surface area contributed by atoms with Gasteiger partial charge >= 0.3 is 0 Å². The van der Waals surface area contributed by atoms with Crippen LogP contribution < -0.4 is 10.2 Å². The van der Waals surface area contributed by atoms with Gasteiger partial charge < -0.3 is 9.64 Å². The van der Waals surface area contributed by atoms with Crippen LogP contribution in [-0.2, 0) is 9.59 Å². The lowest BCUT2D eigenvalue weighted by Gasteiger charge is -2.32. The number of hydrogen-bond donors (Lipinski definition) is 1. The van der Waals surface area contributed by atoms with Crippen molar-refractivity contribution in [3.05, 3.63) is 34.7 Å². The van der Waals surface area contributed by atoms with E-state index in [1.54, 1.807) is 6.08 Å². The largest absolute Gasteiger partial charge is 0.494 e. The molecule has 2 aliphatic heterocycles. The van der Waals surface area contributed by atoms with E-state index in [4.69, 9.17) is 17.0 Å². The zero-order chi connectivity index (χ0) is 20.1. The van der Waals surface area contributed by atoms with Crippen molar-refractivity contribution in [2.24, 2.45) is 0 Å². The lowest BCUT2D eigenvalue weighted by molar-refractivity contribution is -0.132. The van der Waals surface area contributed by atoms with Gasteiger partial charge in [0.25, 0.3) is 11.8 Å². The van der Waals surface area contributed by atoms with Crippen LogP contribution in [0, 0.1) is 0 Å². The van der Waals surface area contributed by atoms with Crippen LogP contribution in [0.4, 0.5) is 0 Å². The number of thioether (sulfide) groups is 1. The molecule has 7 nitrogen and oxygen atoms in total. The van der Waals surface area contributed by atoms with Crippen LogP contribution in [0.15, 0.2) is 29.2 Å². The van der Waals surface area contributed by atoms with E-state index in [2.05, 4.69) is 17.4 Å². The molecule has 0 aliphatic carbocycles. The molecule has 1 aromatic rings. The first-order chi connectivity index (χ1) is 13.5. The highest BCUT2D eigenvalue weighted by Crippen LogP contribution is 2.32. The van der Waals surface area contributed by atoms with E-state index in [9.17, 15) is 9.59 Å². The fourth-order valence-electron chi connectivity index (χ4n) is 2.89. The van der Waals surface area contributed by atoms with Gasteiger partial charge in [-0.25, -0.2) is 5.01 Å². The molecule has 2 saturated heterocycles. The number of amides is 2. The lowest BCUT2D eigenvalue weighted by atomic mass is 10.2. The fourth-order valence-corrected chi connectivity index (χ4v) is 4.14. The number of carbonyl (C=O) groups is 2. The Morgan fingerprint density at radius 2 is 1.93 bits per heavy atom. The minimum absolute atomic E-state index is 0.0718. The molecule has 1 aromatic carbocycles. The lowest BCUT2D eigenvalue weighted by Crippen LogP contribution is -2.54. The highest BCUT2D eigenvalue weighted by atomic mass is 32.2. The summed E-state index contributed by atoms with van der Waals surface area (Å²) in [7, 11) is 2.05. The molecule has 0 aromatic heterocycles. The molecule has 0 saturated carbocycles. The molecule has 28 heavy (non-hydrogen) atoms. The van der Waals surface area contributed by atoms with Crippen molar-refractivity contribution in [1.29, 1.82) is 0 Å². The van der Waals surface area contributed by atoms with Gasteiger partial charge in [-0.1, -0.05) is 36.1 Å². The van der Waals surface area contributed by atoms with Crippen molar-refractivity contribution in [3.63, 3.8) is 0 Å². The number of thiocarbonyl (C=S) groups is 1. The first-order valence-electron chi connectivity index (χ1n) is 9.17. The Balaban J connectivity index is 1.59. The van der Waals surface area contributed by atoms with E-state index >= 15 is 0 Å². The standard InChI is InChI=1S/C19H24N4O3S2/c1-3-26-15-6-4-14(5-7-15)12-16-18(25)23(19(27)28-16)13-17(24)20-22-10-8-21(2)9-11-22/h4-7,12H,3,8-11,13H2,1-2H3,(H,20,24)/b16-12+.